The van der Waals surface area contributed by atoms with Crippen LogP contribution in [0.3, 0.4) is 0 Å². The molecule has 0 saturated carbocycles. The zero-order valence-corrected chi connectivity index (χ0v) is 23.3. The number of nitrogens with one attached hydrogen (secondary N) is 1. The highest BCUT2D eigenvalue weighted by Gasteiger charge is 2.29. The number of nitrogens with zero attached hydrogens (tertiary/aromatic N) is 1. The van der Waals surface area contributed by atoms with Crippen LogP contribution < -0.4 is 19.1 Å². The highest BCUT2D eigenvalue weighted by molar-refractivity contribution is 7.92. The summed E-state index contributed by atoms with van der Waals surface area (Å²) < 4.78 is 39.4. The highest BCUT2D eigenvalue weighted by atomic mass is 32.2. The molecule has 38 heavy (non-hydrogen) atoms. The molecule has 3 aromatic carbocycles. The minimum Gasteiger partial charge on any atom is -0.493 e. The molecule has 0 spiro atoms. The molecule has 7 nitrogen and oxygen atoms in total. The monoisotopic (exact) mass is 536 g/mol. The summed E-state index contributed by atoms with van der Waals surface area (Å²) in [4.78, 5) is 13.4. The van der Waals surface area contributed by atoms with Gasteiger partial charge in [-0.1, -0.05) is 42.8 Å². The van der Waals surface area contributed by atoms with E-state index in [1.54, 1.807) is 18.2 Å². The Bertz CT molecular complexity index is 1390. The Labute approximate surface area is 225 Å². The van der Waals surface area contributed by atoms with Gasteiger partial charge in [0.15, 0.2) is 11.5 Å². The number of aryl methyl sites for hydroxylation is 3. The van der Waals surface area contributed by atoms with Gasteiger partial charge in [0.25, 0.3) is 10.0 Å². The Hall–Kier alpha value is -3.52. The molecule has 0 bridgehead atoms. The minimum atomic E-state index is -4.10. The second-order valence-corrected chi connectivity index (χ2v) is 11.5. The predicted octanol–water partition coefficient (Wildman–Crippen LogP) is 5.35. The molecule has 1 N–H and O–H groups in total. The largest absolute Gasteiger partial charge is 0.493 e. The van der Waals surface area contributed by atoms with Crippen molar-refractivity contribution in [1.29, 1.82) is 0 Å². The summed E-state index contributed by atoms with van der Waals surface area (Å²) in [5.74, 6) is 0.335. The molecular weight excluding hydrogens is 500 g/mol. The lowest BCUT2D eigenvalue weighted by Crippen LogP contribution is -2.42. The Balaban J connectivity index is 1.62. The van der Waals surface area contributed by atoms with Gasteiger partial charge in [-0.15, -0.1) is 0 Å². The topological polar surface area (TPSA) is 84.9 Å². The smallest absolute Gasteiger partial charge is 0.264 e. The first-order valence-electron chi connectivity index (χ1n) is 13.0. The van der Waals surface area contributed by atoms with Gasteiger partial charge in [0, 0.05) is 6.07 Å². The summed E-state index contributed by atoms with van der Waals surface area (Å²) >= 11 is 0. The first-order chi connectivity index (χ1) is 18.3. The van der Waals surface area contributed by atoms with Gasteiger partial charge in [0.1, 0.15) is 6.54 Å². The van der Waals surface area contributed by atoms with Crippen molar-refractivity contribution in [3.05, 3.63) is 82.9 Å². The molecule has 0 aliphatic heterocycles. The number of benzene rings is 3. The quantitative estimate of drug-likeness (QED) is 0.377. The van der Waals surface area contributed by atoms with E-state index in [0.717, 1.165) is 28.3 Å². The molecule has 4 rings (SSSR count). The van der Waals surface area contributed by atoms with Crippen molar-refractivity contribution in [3.8, 4) is 11.5 Å². The molecule has 0 aromatic heterocycles. The van der Waals surface area contributed by atoms with E-state index in [1.807, 2.05) is 26.0 Å². The van der Waals surface area contributed by atoms with Crippen LogP contribution in [0.5, 0.6) is 11.5 Å². The Morgan fingerprint density at radius 1 is 0.921 bits per heavy atom. The number of hydrogen-bond acceptors (Lipinski definition) is 5. The van der Waals surface area contributed by atoms with Crippen LogP contribution >= 0.6 is 0 Å². The zero-order chi connectivity index (χ0) is 27.3. The lowest BCUT2D eigenvalue weighted by Gasteiger charge is -2.26. The number of rotatable bonds is 10. The fourth-order valence-corrected chi connectivity index (χ4v) is 6.33. The molecule has 0 radical (unpaired) electrons. The third kappa shape index (κ3) is 5.96. The first-order valence-corrected chi connectivity index (χ1v) is 14.4. The number of sulfonamides is 1. The maximum Gasteiger partial charge on any atom is 0.264 e. The average Bonchev–Trinajstić information content (AvgIpc) is 2.94. The maximum atomic E-state index is 13.9. The van der Waals surface area contributed by atoms with Crippen molar-refractivity contribution < 1.29 is 22.7 Å². The molecule has 0 heterocycles. The van der Waals surface area contributed by atoms with Gasteiger partial charge in [0.05, 0.1) is 30.8 Å². The molecule has 1 unspecified atom stereocenters. The van der Waals surface area contributed by atoms with Gasteiger partial charge in [0.2, 0.25) is 5.91 Å². The van der Waals surface area contributed by atoms with Gasteiger partial charge >= 0.3 is 0 Å². The summed E-state index contributed by atoms with van der Waals surface area (Å²) in [5, 5.41) is 3.08. The van der Waals surface area contributed by atoms with E-state index < -0.39 is 10.0 Å². The van der Waals surface area contributed by atoms with Crippen LogP contribution in [0.4, 0.5) is 5.69 Å². The van der Waals surface area contributed by atoms with Crippen molar-refractivity contribution in [2.24, 2.45) is 0 Å². The van der Waals surface area contributed by atoms with E-state index in [1.165, 1.54) is 50.3 Å². The summed E-state index contributed by atoms with van der Waals surface area (Å²) in [6.07, 6.45) is 5.23. The number of carbonyl (C=O) groups is 1. The average molecular weight is 537 g/mol. The maximum absolute atomic E-state index is 13.9. The fraction of sp³-hybridized carbons (Fsp3) is 0.367. The summed E-state index contributed by atoms with van der Waals surface area (Å²) in [6.45, 7) is 3.58. The lowest BCUT2D eigenvalue weighted by atomic mass is 9.89. The van der Waals surface area contributed by atoms with Crippen LogP contribution in [-0.2, 0) is 27.7 Å². The van der Waals surface area contributed by atoms with Gasteiger partial charge in [-0.3, -0.25) is 9.10 Å². The standard InChI is InChI=1S/C30H36N2O5S/c1-5-27(24-13-12-22-8-6-7-9-23(22)18-24)31-30(33)20-32(25-14-10-21(2)11-15-25)38(34,35)26-16-17-28(36-3)29(19-26)37-4/h10-19,27H,5-9,20H2,1-4H3,(H,31,33). The molecule has 202 valence electrons. The lowest BCUT2D eigenvalue weighted by molar-refractivity contribution is -0.120. The van der Waals surface area contributed by atoms with E-state index in [-0.39, 0.29) is 23.4 Å². The molecule has 3 aromatic rings. The van der Waals surface area contributed by atoms with Crippen molar-refractivity contribution in [2.45, 2.75) is 56.9 Å². The predicted molar refractivity (Wildman–Crippen MR) is 150 cm³/mol. The molecule has 0 fully saturated rings. The second-order valence-electron chi connectivity index (χ2n) is 9.63. The molecule has 1 aliphatic rings. The number of anilines is 1. The van der Waals surface area contributed by atoms with Crippen LogP contribution in [0.1, 0.15) is 54.5 Å². The summed E-state index contributed by atoms with van der Waals surface area (Å²) in [6, 6.07) is 17.7. The number of ether oxygens (including phenoxy) is 2. The number of hydrogen-bond donors (Lipinski definition) is 1. The normalized spacial score (nSPS) is 13.8. The highest BCUT2D eigenvalue weighted by Crippen LogP contribution is 2.32. The van der Waals surface area contributed by atoms with Crippen LogP contribution in [0.15, 0.2) is 65.6 Å². The van der Waals surface area contributed by atoms with E-state index >= 15 is 0 Å². The molecule has 1 atom stereocenters. The fourth-order valence-electron chi connectivity index (χ4n) is 4.89. The van der Waals surface area contributed by atoms with Crippen LogP contribution in [0, 0.1) is 6.92 Å². The van der Waals surface area contributed by atoms with Gasteiger partial charge < -0.3 is 14.8 Å². The number of methoxy groups -OCH3 is 2. The molecular formula is C30H36N2O5S. The minimum absolute atomic E-state index is 0.00486. The van der Waals surface area contributed by atoms with Crippen molar-refractivity contribution >= 4 is 21.6 Å². The summed E-state index contributed by atoms with van der Waals surface area (Å²) in [7, 11) is -1.16. The first kappa shape index (κ1) is 27.5. The summed E-state index contributed by atoms with van der Waals surface area (Å²) in [5.41, 5.74) is 5.17. The van der Waals surface area contributed by atoms with E-state index in [0.29, 0.717) is 23.6 Å². The number of fused-ring (bicyclic) bond motifs is 1. The Morgan fingerprint density at radius 2 is 1.61 bits per heavy atom. The SMILES string of the molecule is CCC(NC(=O)CN(c1ccc(C)cc1)S(=O)(=O)c1ccc(OC)c(OC)c1)c1ccc2c(c1)CCCC2. The van der Waals surface area contributed by atoms with Crippen molar-refractivity contribution in [3.63, 3.8) is 0 Å². The van der Waals surface area contributed by atoms with E-state index in [4.69, 9.17) is 9.47 Å². The Kier molecular flexibility index (Phi) is 8.62. The van der Waals surface area contributed by atoms with Gasteiger partial charge in [-0.2, -0.15) is 0 Å². The number of carbonyl (C=O) groups excluding carboxylic acids is 1. The van der Waals surface area contributed by atoms with Crippen molar-refractivity contribution in [1.82, 2.24) is 5.32 Å². The van der Waals surface area contributed by atoms with E-state index in [2.05, 4.69) is 23.5 Å². The third-order valence-electron chi connectivity index (χ3n) is 7.07. The molecule has 0 saturated heterocycles. The zero-order valence-electron chi connectivity index (χ0n) is 22.5. The van der Waals surface area contributed by atoms with Gasteiger partial charge in [-0.25, -0.2) is 8.42 Å². The van der Waals surface area contributed by atoms with Crippen LogP contribution in [0.25, 0.3) is 0 Å². The molecule has 8 heteroatoms. The molecule has 1 amide bonds. The van der Waals surface area contributed by atoms with Crippen LogP contribution in [-0.4, -0.2) is 35.1 Å². The van der Waals surface area contributed by atoms with Crippen LogP contribution in [0.2, 0.25) is 0 Å². The van der Waals surface area contributed by atoms with Crippen molar-refractivity contribution in [2.75, 3.05) is 25.1 Å². The molecule has 1 aliphatic carbocycles. The van der Waals surface area contributed by atoms with Gasteiger partial charge in [-0.05, 0) is 80.0 Å². The second kappa shape index (κ2) is 11.9. The van der Waals surface area contributed by atoms with E-state index in [9.17, 15) is 13.2 Å². The third-order valence-corrected chi connectivity index (χ3v) is 8.84. The Morgan fingerprint density at radius 3 is 2.26 bits per heavy atom. The number of amides is 1.